The molecule has 9 heteroatoms. The number of hydrogen-bond donors (Lipinski definition) is 0. The largest absolute Gasteiger partial charge is 0.493 e. The predicted octanol–water partition coefficient (Wildman–Crippen LogP) is 3.53. The molecule has 3 aromatic rings. The van der Waals surface area contributed by atoms with Crippen LogP contribution in [0.15, 0.2) is 58.5 Å². The maximum atomic E-state index is 12.9. The van der Waals surface area contributed by atoms with Gasteiger partial charge in [-0.15, -0.1) is 11.3 Å². The van der Waals surface area contributed by atoms with Crippen LogP contribution in [0.3, 0.4) is 0 Å². The molecule has 3 rings (SSSR count). The minimum atomic E-state index is -3.72. The van der Waals surface area contributed by atoms with Gasteiger partial charge in [-0.2, -0.15) is 8.42 Å². The van der Waals surface area contributed by atoms with Crippen LogP contribution in [0.1, 0.15) is 21.0 Å². The van der Waals surface area contributed by atoms with Gasteiger partial charge in [0.2, 0.25) is 0 Å². The highest BCUT2D eigenvalue weighted by molar-refractivity contribution is 7.86. The summed E-state index contributed by atoms with van der Waals surface area (Å²) in [5.74, 6) is 0.860. The highest BCUT2D eigenvalue weighted by Crippen LogP contribution is 2.30. The van der Waals surface area contributed by atoms with Crippen molar-refractivity contribution in [3.63, 3.8) is 0 Å². The SMILES string of the molecule is COc1ccc(CN(Cc2ccco2)C(=O)c2cccs2)cc1OS(C)(=O)=O. The first-order valence-corrected chi connectivity index (χ1v) is 11.0. The molecule has 2 heterocycles. The van der Waals surface area contributed by atoms with Gasteiger partial charge in [0.15, 0.2) is 11.5 Å². The van der Waals surface area contributed by atoms with Gasteiger partial charge in [-0.1, -0.05) is 12.1 Å². The Morgan fingerprint density at radius 1 is 1.14 bits per heavy atom. The molecule has 0 spiro atoms. The van der Waals surface area contributed by atoms with E-state index in [1.807, 2.05) is 11.4 Å². The zero-order chi connectivity index (χ0) is 20.1. The van der Waals surface area contributed by atoms with E-state index in [1.54, 1.807) is 47.6 Å². The van der Waals surface area contributed by atoms with Crippen LogP contribution in [-0.4, -0.2) is 32.6 Å². The average Bonchev–Trinajstić information content (AvgIpc) is 3.33. The standard InChI is InChI=1S/C19H19NO6S2/c1-24-16-8-7-14(11-17(16)26-28(2,22)23)12-20(13-15-5-3-9-25-15)19(21)18-6-4-10-27-18/h3-11H,12-13H2,1-2H3. The van der Waals surface area contributed by atoms with E-state index in [4.69, 9.17) is 13.3 Å². The molecule has 0 N–H and O–H groups in total. The minimum absolute atomic E-state index is 0.0732. The molecule has 0 saturated carbocycles. The highest BCUT2D eigenvalue weighted by Gasteiger charge is 2.20. The third-order valence-corrected chi connectivity index (χ3v) is 5.13. The van der Waals surface area contributed by atoms with Crippen LogP contribution in [0.2, 0.25) is 0 Å². The van der Waals surface area contributed by atoms with E-state index < -0.39 is 10.1 Å². The number of carbonyl (C=O) groups is 1. The zero-order valence-electron chi connectivity index (χ0n) is 15.3. The molecule has 1 aromatic carbocycles. The Hall–Kier alpha value is -2.78. The quantitative estimate of drug-likeness (QED) is 0.517. The summed E-state index contributed by atoms with van der Waals surface area (Å²) in [7, 11) is -2.30. The molecule has 0 bridgehead atoms. The second-order valence-electron chi connectivity index (χ2n) is 5.99. The maximum Gasteiger partial charge on any atom is 0.306 e. The van der Waals surface area contributed by atoms with E-state index in [0.29, 0.717) is 16.2 Å². The zero-order valence-corrected chi connectivity index (χ0v) is 17.0. The predicted molar refractivity (Wildman–Crippen MR) is 105 cm³/mol. The van der Waals surface area contributed by atoms with Gasteiger partial charge in [0.25, 0.3) is 5.91 Å². The molecule has 2 aromatic heterocycles. The number of carbonyl (C=O) groups excluding carboxylic acids is 1. The number of ether oxygens (including phenoxy) is 1. The fourth-order valence-electron chi connectivity index (χ4n) is 2.61. The van der Waals surface area contributed by atoms with Crippen molar-refractivity contribution in [3.8, 4) is 11.5 Å². The molecule has 28 heavy (non-hydrogen) atoms. The average molecular weight is 421 g/mol. The molecule has 0 atom stereocenters. The molecule has 0 radical (unpaired) electrons. The highest BCUT2D eigenvalue weighted by atomic mass is 32.2. The van der Waals surface area contributed by atoms with Crippen LogP contribution in [-0.2, 0) is 23.2 Å². The first kappa shape index (κ1) is 20.0. The molecule has 0 unspecified atom stereocenters. The summed E-state index contributed by atoms with van der Waals surface area (Å²) in [6.07, 6.45) is 2.51. The van der Waals surface area contributed by atoms with Crippen molar-refractivity contribution < 1.29 is 26.5 Å². The third-order valence-electron chi connectivity index (χ3n) is 3.79. The van der Waals surface area contributed by atoms with E-state index >= 15 is 0 Å². The first-order chi connectivity index (χ1) is 13.4. The summed E-state index contributed by atoms with van der Waals surface area (Å²) < 4.78 is 38.6. The number of rotatable bonds is 8. The molecular formula is C19H19NO6S2. The minimum Gasteiger partial charge on any atom is -0.493 e. The van der Waals surface area contributed by atoms with Crippen molar-refractivity contribution in [1.29, 1.82) is 0 Å². The van der Waals surface area contributed by atoms with Gasteiger partial charge in [0.1, 0.15) is 5.76 Å². The molecule has 0 aliphatic rings. The molecule has 1 amide bonds. The smallest absolute Gasteiger partial charge is 0.306 e. The molecule has 0 saturated heterocycles. The van der Waals surface area contributed by atoms with Gasteiger partial charge < -0.3 is 18.2 Å². The summed E-state index contributed by atoms with van der Waals surface area (Å²) in [4.78, 5) is 15.1. The van der Waals surface area contributed by atoms with Gasteiger partial charge in [-0.25, -0.2) is 0 Å². The summed E-state index contributed by atoms with van der Waals surface area (Å²) in [5.41, 5.74) is 0.691. The third kappa shape index (κ3) is 5.14. The van der Waals surface area contributed by atoms with Crippen molar-refractivity contribution >= 4 is 27.4 Å². The van der Waals surface area contributed by atoms with Crippen LogP contribution in [0.4, 0.5) is 0 Å². The summed E-state index contributed by atoms with van der Waals surface area (Å²) in [6, 6.07) is 12.0. The second kappa shape index (κ2) is 8.49. The number of benzene rings is 1. The maximum absolute atomic E-state index is 12.9. The summed E-state index contributed by atoms with van der Waals surface area (Å²) >= 11 is 1.35. The summed E-state index contributed by atoms with van der Waals surface area (Å²) in [5, 5.41) is 1.84. The topological polar surface area (TPSA) is 86.0 Å². The van der Waals surface area contributed by atoms with Gasteiger partial charge >= 0.3 is 10.1 Å². The van der Waals surface area contributed by atoms with Crippen molar-refractivity contribution in [2.45, 2.75) is 13.1 Å². The van der Waals surface area contributed by atoms with Gasteiger partial charge in [-0.05, 0) is 41.3 Å². The normalized spacial score (nSPS) is 11.2. The molecule has 148 valence electrons. The van der Waals surface area contributed by atoms with Gasteiger partial charge in [0.05, 0.1) is 31.1 Å². The number of hydrogen-bond acceptors (Lipinski definition) is 7. The lowest BCUT2D eigenvalue weighted by molar-refractivity contribution is 0.0722. The number of methoxy groups -OCH3 is 1. The fraction of sp³-hybridized carbons (Fsp3) is 0.211. The first-order valence-electron chi connectivity index (χ1n) is 8.27. The Balaban J connectivity index is 1.89. The Kier molecular flexibility index (Phi) is 6.05. The monoisotopic (exact) mass is 421 g/mol. The lowest BCUT2D eigenvalue weighted by Gasteiger charge is -2.22. The molecule has 0 aliphatic carbocycles. The Labute approximate surface area is 167 Å². The second-order valence-corrected chi connectivity index (χ2v) is 8.51. The van der Waals surface area contributed by atoms with E-state index in [1.165, 1.54) is 18.4 Å². The number of amides is 1. The van der Waals surface area contributed by atoms with Crippen LogP contribution < -0.4 is 8.92 Å². The van der Waals surface area contributed by atoms with Crippen molar-refractivity contribution in [3.05, 3.63) is 70.3 Å². The number of furan rings is 1. The van der Waals surface area contributed by atoms with Crippen LogP contribution in [0.25, 0.3) is 0 Å². The molecule has 0 aliphatic heterocycles. The molecule has 0 fully saturated rings. The van der Waals surface area contributed by atoms with Crippen LogP contribution in [0, 0.1) is 0 Å². The van der Waals surface area contributed by atoms with E-state index in [0.717, 1.165) is 6.26 Å². The van der Waals surface area contributed by atoms with E-state index in [2.05, 4.69) is 0 Å². The Morgan fingerprint density at radius 3 is 2.57 bits per heavy atom. The summed E-state index contributed by atoms with van der Waals surface area (Å²) in [6.45, 7) is 0.513. The number of nitrogens with zero attached hydrogens (tertiary/aromatic N) is 1. The molecule has 7 nitrogen and oxygen atoms in total. The Bertz CT molecular complexity index is 1030. The van der Waals surface area contributed by atoms with E-state index in [-0.39, 0.29) is 30.5 Å². The Morgan fingerprint density at radius 2 is 1.96 bits per heavy atom. The van der Waals surface area contributed by atoms with Crippen LogP contribution >= 0.6 is 11.3 Å². The van der Waals surface area contributed by atoms with Gasteiger partial charge in [0, 0.05) is 6.54 Å². The van der Waals surface area contributed by atoms with Crippen molar-refractivity contribution in [2.75, 3.05) is 13.4 Å². The van der Waals surface area contributed by atoms with Crippen molar-refractivity contribution in [1.82, 2.24) is 4.90 Å². The van der Waals surface area contributed by atoms with Gasteiger partial charge in [-0.3, -0.25) is 4.79 Å². The fourth-order valence-corrected chi connectivity index (χ4v) is 3.76. The number of thiophene rings is 1. The van der Waals surface area contributed by atoms with Crippen molar-refractivity contribution in [2.24, 2.45) is 0 Å². The lowest BCUT2D eigenvalue weighted by Crippen LogP contribution is -2.29. The van der Waals surface area contributed by atoms with E-state index in [9.17, 15) is 13.2 Å². The lowest BCUT2D eigenvalue weighted by atomic mass is 10.1. The molecular weight excluding hydrogens is 402 g/mol. The van der Waals surface area contributed by atoms with Crippen LogP contribution in [0.5, 0.6) is 11.5 Å².